The summed E-state index contributed by atoms with van der Waals surface area (Å²) < 4.78 is 5.65. The molecule has 0 aromatic rings. The topological polar surface area (TPSA) is 41.5 Å². The van der Waals surface area contributed by atoms with Crippen LogP contribution in [0, 0.1) is 0 Å². The number of hydrogen-bond donors (Lipinski definition) is 2. The van der Waals surface area contributed by atoms with E-state index in [4.69, 9.17) is 4.74 Å². The van der Waals surface area contributed by atoms with Gasteiger partial charge < -0.3 is 15.2 Å². The Hall–Kier alpha value is -0.120. The third-order valence-electron chi connectivity index (χ3n) is 3.23. The van der Waals surface area contributed by atoms with Gasteiger partial charge in [-0.15, -0.1) is 0 Å². The Morgan fingerprint density at radius 1 is 1.53 bits per heavy atom. The quantitative estimate of drug-likeness (QED) is 0.750. The molecule has 1 saturated heterocycles. The van der Waals surface area contributed by atoms with Crippen LogP contribution in [-0.4, -0.2) is 35.5 Å². The molecular weight excluding hydrogens is 190 g/mol. The molecular formula is C12H25NO2. The van der Waals surface area contributed by atoms with Gasteiger partial charge in [-0.05, 0) is 40.0 Å². The van der Waals surface area contributed by atoms with Gasteiger partial charge in [0.15, 0.2) is 0 Å². The molecule has 0 aliphatic carbocycles. The Labute approximate surface area is 93.2 Å². The van der Waals surface area contributed by atoms with Gasteiger partial charge in [0.25, 0.3) is 0 Å². The van der Waals surface area contributed by atoms with Crippen molar-refractivity contribution in [1.29, 1.82) is 0 Å². The summed E-state index contributed by atoms with van der Waals surface area (Å²) in [6.45, 7) is 9.63. The zero-order chi connectivity index (χ0) is 11.5. The number of rotatable bonds is 4. The van der Waals surface area contributed by atoms with Crippen molar-refractivity contribution >= 4 is 0 Å². The molecule has 1 aliphatic heterocycles. The van der Waals surface area contributed by atoms with Crippen LogP contribution in [0.2, 0.25) is 0 Å². The van der Waals surface area contributed by atoms with E-state index in [-0.39, 0.29) is 5.60 Å². The molecule has 1 aliphatic rings. The van der Waals surface area contributed by atoms with Crippen molar-refractivity contribution in [2.24, 2.45) is 0 Å². The maximum absolute atomic E-state index is 9.89. The fraction of sp³-hybridized carbons (Fsp3) is 1.00. The van der Waals surface area contributed by atoms with Gasteiger partial charge in [0.2, 0.25) is 0 Å². The Kier molecular flexibility index (Phi) is 4.15. The minimum Gasteiger partial charge on any atom is -0.389 e. The van der Waals surface area contributed by atoms with Crippen molar-refractivity contribution in [3.05, 3.63) is 0 Å². The summed E-state index contributed by atoms with van der Waals surface area (Å²) in [7, 11) is 0. The molecule has 90 valence electrons. The fourth-order valence-corrected chi connectivity index (χ4v) is 1.90. The predicted octanol–water partition coefficient (Wildman–Crippen LogP) is 1.69. The van der Waals surface area contributed by atoms with Crippen molar-refractivity contribution in [2.45, 2.75) is 64.2 Å². The second kappa shape index (κ2) is 4.81. The summed E-state index contributed by atoms with van der Waals surface area (Å²) >= 11 is 0. The molecule has 0 spiro atoms. The lowest BCUT2D eigenvalue weighted by Crippen LogP contribution is -2.48. The standard InChI is InChI=1S/C12H25NO2/c1-5-12(4,14)9-13-10-6-7-15-11(2,3)8-10/h10,13-14H,5-9H2,1-4H3. The summed E-state index contributed by atoms with van der Waals surface area (Å²) in [5.41, 5.74) is -0.601. The van der Waals surface area contributed by atoms with E-state index in [1.807, 2.05) is 13.8 Å². The van der Waals surface area contributed by atoms with Crippen LogP contribution in [0.5, 0.6) is 0 Å². The van der Waals surface area contributed by atoms with Crippen LogP contribution in [0.25, 0.3) is 0 Å². The Bertz CT molecular complexity index is 202. The van der Waals surface area contributed by atoms with Crippen molar-refractivity contribution < 1.29 is 9.84 Å². The van der Waals surface area contributed by atoms with Crippen molar-refractivity contribution in [2.75, 3.05) is 13.2 Å². The maximum atomic E-state index is 9.89. The normalized spacial score (nSPS) is 29.8. The molecule has 3 heteroatoms. The first-order chi connectivity index (χ1) is 6.85. The van der Waals surface area contributed by atoms with Crippen LogP contribution in [0.1, 0.15) is 47.0 Å². The van der Waals surface area contributed by atoms with E-state index in [1.165, 1.54) is 0 Å². The minimum atomic E-state index is -0.581. The van der Waals surface area contributed by atoms with Gasteiger partial charge in [-0.25, -0.2) is 0 Å². The van der Waals surface area contributed by atoms with E-state index in [2.05, 4.69) is 19.2 Å². The van der Waals surface area contributed by atoms with Crippen LogP contribution in [0.15, 0.2) is 0 Å². The third-order valence-corrected chi connectivity index (χ3v) is 3.23. The highest BCUT2D eigenvalue weighted by Crippen LogP contribution is 2.24. The molecule has 2 N–H and O–H groups in total. The monoisotopic (exact) mass is 215 g/mol. The smallest absolute Gasteiger partial charge is 0.0741 e. The van der Waals surface area contributed by atoms with Crippen LogP contribution in [-0.2, 0) is 4.74 Å². The number of aliphatic hydroxyl groups is 1. The van der Waals surface area contributed by atoms with Crippen molar-refractivity contribution in [3.8, 4) is 0 Å². The average Bonchev–Trinajstić information content (AvgIpc) is 2.14. The summed E-state index contributed by atoms with van der Waals surface area (Å²) in [4.78, 5) is 0. The SMILES string of the molecule is CCC(C)(O)CNC1CCOC(C)(C)C1. The largest absolute Gasteiger partial charge is 0.389 e. The van der Waals surface area contributed by atoms with E-state index < -0.39 is 5.60 Å². The van der Waals surface area contributed by atoms with Crippen LogP contribution in [0.4, 0.5) is 0 Å². The van der Waals surface area contributed by atoms with Gasteiger partial charge >= 0.3 is 0 Å². The van der Waals surface area contributed by atoms with E-state index in [9.17, 15) is 5.11 Å². The van der Waals surface area contributed by atoms with Gasteiger partial charge in [-0.1, -0.05) is 6.92 Å². The van der Waals surface area contributed by atoms with Crippen LogP contribution >= 0.6 is 0 Å². The van der Waals surface area contributed by atoms with Gasteiger partial charge in [-0.2, -0.15) is 0 Å². The summed E-state index contributed by atoms with van der Waals surface area (Å²) in [6, 6.07) is 0.478. The molecule has 2 unspecified atom stereocenters. The molecule has 0 bridgehead atoms. The van der Waals surface area contributed by atoms with Gasteiger partial charge in [0.1, 0.15) is 0 Å². The average molecular weight is 215 g/mol. The highest BCUT2D eigenvalue weighted by Gasteiger charge is 2.29. The van der Waals surface area contributed by atoms with Gasteiger partial charge in [-0.3, -0.25) is 0 Å². The van der Waals surface area contributed by atoms with E-state index in [0.717, 1.165) is 25.9 Å². The van der Waals surface area contributed by atoms with Crippen molar-refractivity contribution in [3.63, 3.8) is 0 Å². The predicted molar refractivity (Wildman–Crippen MR) is 62.0 cm³/mol. The highest BCUT2D eigenvalue weighted by molar-refractivity contribution is 4.85. The lowest BCUT2D eigenvalue weighted by atomic mass is 9.93. The molecule has 0 radical (unpaired) electrons. The first-order valence-corrected chi connectivity index (χ1v) is 5.94. The number of ether oxygens (including phenoxy) is 1. The molecule has 2 atom stereocenters. The molecule has 1 heterocycles. The molecule has 1 fully saturated rings. The second-order valence-corrected chi connectivity index (χ2v) is 5.53. The first kappa shape index (κ1) is 12.9. The maximum Gasteiger partial charge on any atom is 0.0741 e. The minimum absolute atomic E-state index is 0.0199. The van der Waals surface area contributed by atoms with Crippen LogP contribution < -0.4 is 5.32 Å². The lowest BCUT2D eigenvalue weighted by Gasteiger charge is -2.37. The molecule has 15 heavy (non-hydrogen) atoms. The van der Waals surface area contributed by atoms with Crippen molar-refractivity contribution in [1.82, 2.24) is 5.32 Å². The van der Waals surface area contributed by atoms with Gasteiger partial charge in [0.05, 0.1) is 11.2 Å². The third kappa shape index (κ3) is 4.49. The Balaban J connectivity index is 2.33. The zero-order valence-corrected chi connectivity index (χ0v) is 10.5. The molecule has 0 saturated carbocycles. The van der Waals surface area contributed by atoms with E-state index in [0.29, 0.717) is 12.6 Å². The fourth-order valence-electron chi connectivity index (χ4n) is 1.90. The lowest BCUT2D eigenvalue weighted by molar-refractivity contribution is -0.0658. The van der Waals surface area contributed by atoms with Gasteiger partial charge in [0, 0.05) is 19.2 Å². The number of nitrogens with one attached hydrogen (secondary N) is 1. The Morgan fingerprint density at radius 3 is 2.73 bits per heavy atom. The highest BCUT2D eigenvalue weighted by atomic mass is 16.5. The Morgan fingerprint density at radius 2 is 2.20 bits per heavy atom. The number of hydrogen-bond acceptors (Lipinski definition) is 3. The molecule has 0 aromatic carbocycles. The second-order valence-electron chi connectivity index (χ2n) is 5.53. The molecule has 0 amide bonds. The van der Waals surface area contributed by atoms with E-state index in [1.54, 1.807) is 0 Å². The summed E-state index contributed by atoms with van der Waals surface area (Å²) in [5.74, 6) is 0. The molecule has 0 aromatic heterocycles. The van der Waals surface area contributed by atoms with E-state index >= 15 is 0 Å². The summed E-state index contributed by atoms with van der Waals surface area (Å²) in [6.07, 6.45) is 2.85. The molecule has 1 rings (SSSR count). The zero-order valence-electron chi connectivity index (χ0n) is 10.5. The summed E-state index contributed by atoms with van der Waals surface area (Å²) in [5, 5.41) is 13.3. The first-order valence-electron chi connectivity index (χ1n) is 5.94. The molecule has 3 nitrogen and oxygen atoms in total. The van der Waals surface area contributed by atoms with Crippen LogP contribution in [0.3, 0.4) is 0 Å².